The average molecular weight is 448 g/mol. The fourth-order valence-electron chi connectivity index (χ4n) is 8.84. The molecule has 5 atom stereocenters. The molecule has 6 aliphatic rings. The molecule has 9 rings (SSSR count). The number of benzene rings is 3. The molecule has 0 N–H and O–H groups in total. The van der Waals surface area contributed by atoms with Crippen LogP contribution < -0.4 is 5.46 Å². The van der Waals surface area contributed by atoms with Gasteiger partial charge in [-0.3, -0.25) is 0 Å². The Balaban J connectivity index is 1.36. The summed E-state index contributed by atoms with van der Waals surface area (Å²) < 4.78 is 13.0. The molecule has 4 saturated carbocycles. The van der Waals surface area contributed by atoms with E-state index in [1.807, 2.05) is 0 Å². The first kappa shape index (κ1) is 20.1. The van der Waals surface area contributed by atoms with E-state index in [9.17, 15) is 0 Å². The van der Waals surface area contributed by atoms with Crippen LogP contribution in [0.3, 0.4) is 0 Å². The standard InChI is InChI=1S/C31H33BO2/c1-29(2)30(3,4)34-32(33-29)23-9-10-24-25-15-19-7-5-6-8-20(19)16-27(25)31(28(24)17-23)22-12-18-11-21(14-22)26(31)13-18/h5-10,15-18,21-22,26H,11-14H2,1-4H3. The summed E-state index contributed by atoms with van der Waals surface area (Å²) in [5.41, 5.74) is 6.84. The predicted molar refractivity (Wildman–Crippen MR) is 138 cm³/mol. The molecule has 1 aliphatic heterocycles. The van der Waals surface area contributed by atoms with Crippen LogP contribution in [0.2, 0.25) is 0 Å². The molecule has 0 radical (unpaired) electrons. The number of rotatable bonds is 1. The molecule has 3 heteroatoms. The molecule has 5 unspecified atom stereocenters. The van der Waals surface area contributed by atoms with Crippen LogP contribution in [0.25, 0.3) is 21.9 Å². The van der Waals surface area contributed by atoms with Crippen LogP contribution in [-0.4, -0.2) is 18.3 Å². The van der Waals surface area contributed by atoms with Crippen molar-refractivity contribution in [1.29, 1.82) is 0 Å². The second kappa shape index (κ2) is 6.17. The van der Waals surface area contributed by atoms with E-state index >= 15 is 0 Å². The largest absolute Gasteiger partial charge is 0.494 e. The summed E-state index contributed by atoms with van der Waals surface area (Å²) in [6.45, 7) is 8.60. The van der Waals surface area contributed by atoms with Crippen LogP contribution in [0.15, 0.2) is 54.6 Å². The Hall–Kier alpha value is -2.10. The van der Waals surface area contributed by atoms with E-state index in [0.29, 0.717) is 0 Å². The topological polar surface area (TPSA) is 18.5 Å². The quantitative estimate of drug-likeness (QED) is 0.397. The lowest BCUT2D eigenvalue weighted by atomic mass is 9.58. The van der Waals surface area contributed by atoms with Crippen molar-refractivity contribution in [2.75, 3.05) is 0 Å². The van der Waals surface area contributed by atoms with Crippen molar-refractivity contribution in [3.8, 4) is 11.1 Å². The van der Waals surface area contributed by atoms with Crippen LogP contribution in [0.4, 0.5) is 0 Å². The molecule has 1 saturated heterocycles. The zero-order valence-corrected chi connectivity index (χ0v) is 20.7. The molecule has 2 nitrogen and oxygen atoms in total. The lowest BCUT2D eigenvalue weighted by Crippen LogP contribution is -2.42. The van der Waals surface area contributed by atoms with E-state index in [-0.39, 0.29) is 23.7 Å². The van der Waals surface area contributed by atoms with E-state index in [0.717, 1.165) is 23.7 Å². The summed E-state index contributed by atoms with van der Waals surface area (Å²) >= 11 is 0. The summed E-state index contributed by atoms with van der Waals surface area (Å²) in [4.78, 5) is 0. The Kier molecular flexibility index (Phi) is 3.66. The van der Waals surface area contributed by atoms with Crippen molar-refractivity contribution in [3.63, 3.8) is 0 Å². The minimum Gasteiger partial charge on any atom is -0.399 e. The number of hydrogen-bond acceptors (Lipinski definition) is 2. The number of hydrogen-bond donors (Lipinski definition) is 0. The maximum absolute atomic E-state index is 6.50. The van der Waals surface area contributed by atoms with Gasteiger partial charge in [0.2, 0.25) is 0 Å². The summed E-state index contributed by atoms with van der Waals surface area (Å²) in [5.74, 6) is 3.41. The van der Waals surface area contributed by atoms with Gasteiger partial charge in [0.1, 0.15) is 0 Å². The van der Waals surface area contributed by atoms with Crippen molar-refractivity contribution < 1.29 is 9.31 Å². The molecule has 3 aromatic rings. The highest BCUT2D eigenvalue weighted by atomic mass is 16.7. The maximum Gasteiger partial charge on any atom is 0.494 e. The highest BCUT2D eigenvalue weighted by Gasteiger charge is 2.66. The fraction of sp³-hybridized carbons (Fsp3) is 0.484. The Morgan fingerprint density at radius 1 is 0.735 bits per heavy atom. The zero-order valence-electron chi connectivity index (χ0n) is 20.7. The molecule has 5 aliphatic carbocycles. The smallest absolute Gasteiger partial charge is 0.399 e. The maximum atomic E-state index is 6.50. The molecule has 1 spiro atoms. The average Bonchev–Trinajstić information content (AvgIpc) is 3.41. The first-order chi connectivity index (χ1) is 16.3. The fourth-order valence-corrected chi connectivity index (χ4v) is 8.84. The summed E-state index contributed by atoms with van der Waals surface area (Å²) in [6, 6.07) is 21.1. The highest BCUT2D eigenvalue weighted by molar-refractivity contribution is 6.62. The summed E-state index contributed by atoms with van der Waals surface area (Å²) in [7, 11) is -0.301. The monoisotopic (exact) mass is 448 g/mol. The third-order valence-corrected chi connectivity index (χ3v) is 10.9. The Morgan fingerprint density at radius 3 is 2.18 bits per heavy atom. The van der Waals surface area contributed by atoms with E-state index < -0.39 is 0 Å². The van der Waals surface area contributed by atoms with Gasteiger partial charge in [-0.2, -0.15) is 0 Å². The van der Waals surface area contributed by atoms with Gasteiger partial charge in [0.05, 0.1) is 11.2 Å². The van der Waals surface area contributed by atoms with Crippen LogP contribution in [0.1, 0.15) is 64.5 Å². The number of fused-ring (bicyclic) bond motifs is 4. The third kappa shape index (κ3) is 2.27. The Bertz CT molecular complexity index is 1350. The third-order valence-electron chi connectivity index (χ3n) is 10.9. The van der Waals surface area contributed by atoms with Gasteiger partial charge in [-0.25, -0.2) is 0 Å². The minimum atomic E-state index is -0.319. The molecular formula is C31H33BO2. The molecule has 172 valence electrons. The van der Waals surface area contributed by atoms with Gasteiger partial charge >= 0.3 is 7.12 Å². The van der Waals surface area contributed by atoms with Crippen molar-refractivity contribution in [3.05, 3.63) is 65.7 Å². The van der Waals surface area contributed by atoms with E-state index in [1.165, 1.54) is 53.0 Å². The van der Waals surface area contributed by atoms with Gasteiger partial charge in [0, 0.05) is 5.41 Å². The normalized spacial score (nSPS) is 35.5. The van der Waals surface area contributed by atoms with Gasteiger partial charge in [0.15, 0.2) is 0 Å². The SMILES string of the molecule is CC1(C)OB(c2ccc3c(c2)C2(c4cc5ccccc5cc4-3)C3CC4CC(C3)C2C4)OC1(C)C. The molecule has 0 amide bonds. The first-order valence-corrected chi connectivity index (χ1v) is 13.3. The molecule has 3 aromatic carbocycles. The molecule has 0 aromatic heterocycles. The van der Waals surface area contributed by atoms with E-state index in [1.54, 1.807) is 11.1 Å². The molecule has 34 heavy (non-hydrogen) atoms. The second-order valence-corrected chi connectivity index (χ2v) is 12.9. The van der Waals surface area contributed by atoms with E-state index in [4.69, 9.17) is 9.31 Å². The lowest BCUT2D eigenvalue weighted by Gasteiger charge is -2.44. The van der Waals surface area contributed by atoms with Gasteiger partial charge in [0.25, 0.3) is 0 Å². The Morgan fingerprint density at radius 2 is 1.44 bits per heavy atom. The van der Waals surface area contributed by atoms with Crippen molar-refractivity contribution >= 4 is 23.4 Å². The summed E-state index contributed by atoms with van der Waals surface area (Å²) in [5, 5.41) is 2.74. The van der Waals surface area contributed by atoms with E-state index in [2.05, 4.69) is 82.3 Å². The van der Waals surface area contributed by atoms with Crippen molar-refractivity contribution in [2.45, 2.75) is 70.0 Å². The Labute approximate surface area is 203 Å². The zero-order chi connectivity index (χ0) is 23.0. The van der Waals surface area contributed by atoms with Crippen molar-refractivity contribution in [2.24, 2.45) is 23.7 Å². The lowest BCUT2D eigenvalue weighted by molar-refractivity contribution is 0.00578. The van der Waals surface area contributed by atoms with Crippen LogP contribution in [0.5, 0.6) is 0 Å². The van der Waals surface area contributed by atoms with Crippen molar-refractivity contribution in [1.82, 2.24) is 0 Å². The molecular weight excluding hydrogens is 415 g/mol. The van der Waals surface area contributed by atoms with Gasteiger partial charge in [-0.1, -0.05) is 42.5 Å². The second-order valence-electron chi connectivity index (χ2n) is 12.9. The van der Waals surface area contributed by atoms with Crippen LogP contribution >= 0.6 is 0 Å². The van der Waals surface area contributed by atoms with Crippen LogP contribution in [-0.2, 0) is 14.7 Å². The first-order valence-electron chi connectivity index (χ1n) is 13.3. The highest BCUT2D eigenvalue weighted by Crippen LogP contribution is 2.73. The van der Waals surface area contributed by atoms with Gasteiger partial charge in [-0.05, 0) is 128 Å². The molecule has 5 fully saturated rings. The van der Waals surface area contributed by atoms with Gasteiger partial charge in [-0.15, -0.1) is 0 Å². The summed E-state index contributed by atoms with van der Waals surface area (Å²) in [6.07, 6.45) is 5.68. The molecule has 1 heterocycles. The minimum absolute atomic E-state index is 0.173. The molecule has 4 bridgehead atoms. The predicted octanol–water partition coefficient (Wildman–Crippen LogP) is 6.47. The van der Waals surface area contributed by atoms with Gasteiger partial charge < -0.3 is 9.31 Å². The van der Waals surface area contributed by atoms with Crippen LogP contribution in [0, 0.1) is 23.7 Å².